The molecule has 2 aliphatic heterocycles. The molecule has 6 heteroatoms. The van der Waals surface area contributed by atoms with Crippen LogP contribution in [-0.2, 0) is 10.2 Å². The van der Waals surface area contributed by atoms with Gasteiger partial charge in [0.1, 0.15) is 5.69 Å². The van der Waals surface area contributed by atoms with Crippen molar-refractivity contribution in [1.29, 1.82) is 0 Å². The number of amides is 1. The monoisotopic (exact) mass is 366 g/mol. The lowest BCUT2D eigenvalue weighted by Gasteiger charge is -2.41. The minimum atomic E-state index is 0.0679. The van der Waals surface area contributed by atoms with E-state index in [4.69, 9.17) is 4.74 Å². The minimum absolute atomic E-state index is 0.0679. The molecule has 0 unspecified atom stereocenters. The van der Waals surface area contributed by atoms with Crippen LogP contribution < -0.4 is 0 Å². The van der Waals surface area contributed by atoms with Crippen LogP contribution in [-0.4, -0.2) is 65.1 Å². The zero-order valence-electron chi connectivity index (χ0n) is 15.6. The Kier molecular flexibility index (Phi) is 4.25. The number of piperidine rings is 1. The Labute approximate surface area is 159 Å². The number of H-pyrrole nitrogens is 1. The van der Waals surface area contributed by atoms with E-state index in [-0.39, 0.29) is 11.3 Å². The van der Waals surface area contributed by atoms with Gasteiger partial charge in [0.25, 0.3) is 5.91 Å². The van der Waals surface area contributed by atoms with E-state index in [9.17, 15) is 4.79 Å². The summed E-state index contributed by atoms with van der Waals surface area (Å²) in [5.74, 6) is 0.0679. The smallest absolute Gasteiger partial charge is 0.271 e. The van der Waals surface area contributed by atoms with Crippen LogP contribution in [0.3, 0.4) is 0 Å². The third-order valence-electron chi connectivity index (χ3n) is 6.70. The summed E-state index contributed by atoms with van der Waals surface area (Å²) in [6.07, 6.45) is 6.42. The molecule has 1 aliphatic carbocycles. The second-order valence-corrected chi connectivity index (χ2v) is 7.99. The standard InChI is InChI=1S/C21H26N4O2/c26-20(18-14-22-15-23-18)25-7-5-21(6-8-25)13-19(24-9-11-27-12-10-24)16-3-1-2-4-17(16)21/h1-4,14-15,19H,5-13H2,(H,22,23)/t19-/m1/s1. The fourth-order valence-corrected chi connectivity index (χ4v) is 5.23. The third kappa shape index (κ3) is 2.87. The quantitative estimate of drug-likeness (QED) is 0.886. The van der Waals surface area contributed by atoms with Crippen molar-refractivity contribution >= 4 is 5.91 Å². The largest absolute Gasteiger partial charge is 0.379 e. The number of imidazole rings is 1. The SMILES string of the molecule is O=C(c1cnc[nH]1)N1CCC2(CC1)C[C@@H](N1CCOCC1)c1ccccc12. The zero-order chi connectivity index (χ0) is 18.3. The van der Waals surface area contributed by atoms with Gasteiger partial charge in [-0.3, -0.25) is 9.69 Å². The Morgan fingerprint density at radius 3 is 2.67 bits per heavy atom. The molecule has 142 valence electrons. The van der Waals surface area contributed by atoms with Crippen LogP contribution in [0.2, 0.25) is 0 Å². The number of ether oxygens (including phenoxy) is 1. The molecule has 2 fully saturated rings. The number of carbonyl (C=O) groups is 1. The molecule has 1 spiro atoms. The number of carbonyl (C=O) groups excluding carboxylic acids is 1. The average molecular weight is 366 g/mol. The van der Waals surface area contributed by atoms with Gasteiger partial charge in [-0.2, -0.15) is 0 Å². The fourth-order valence-electron chi connectivity index (χ4n) is 5.23. The molecular formula is C21H26N4O2. The van der Waals surface area contributed by atoms with E-state index in [0.29, 0.717) is 11.7 Å². The second-order valence-electron chi connectivity index (χ2n) is 7.99. The maximum atomic E-state index is 12.7. The van der Waals surface area contributed by atoms with Crippen molar-refractivity contribution in [2.75, 3.05) is 39.4 Å². The summed E-state index contributed by atoms with van der Waals surface area (Å²) >= 11 is 0. The molecular weight excluding hydrogens is 340 g/mol. The topological polar surface area (TPSA) is 61.5 Å². The molecule has 3 heterocycles. The van der Waals surface area contributed by atoms with E-state index < -0.39 is 0 Å². The van der Waals surface area contributed by atoms with Gasteiger partial charge in [-0.1, -0.05) is 24.3 Å². The van der Waals surface area contributed by atoms with Gasteiger partial charge in [-0.15, -0.1) is 0 Å². The molecule has 1 amide bonds. The number of hydrogen-bond acceptors (Lipinski definition) is 4. The van der Waals surface area contributed by atoms with E-state index in [1.807, 2.05) is 4.90 Å². The van der Waals surface area contributed by atoms with Crippen LogP contribution in [0.1, 0.15) is 46.9 Å². The first-order chi connectivity index (χ1) is 13.3. The number of benzene rings is 1. The first-order valence-electron chi connectivity index (χ1n) is 9.96. The highest BCUT2D eigenvalue weighted by molar-refractivity contribution is 5.92. The summed E-state index contributed by atoms with van der Waals surface area (Å²) in [5.41, 5.74) is 3.79. The number of hydrogen-bond donors (Lipinski definition) is 1. The van der Waals surface area contributed by atoms with Crippen molar-refractivity contribution in [2.24, 2.45) is 0 Å². The Morgan fingerprint density at radius 2 is 1.93 bits per heavy atom. The number of aromatic amines is 1. The van der Waals surface area contributed by atoms with Crippen molar-refractivity contribution in [3.05, 3.63) is 53.6 Å². The van der Waals surface area contributed by atoms with E-state index in [2.05, 4.69) is 39.1 Å². The molecule has 2 saturated heterocycles. The molecule has 1 atom stereocenters. The van der Waals surface area contributed by atoms with Crippen molar-refractivity contribution < 1.29 is 9.53 Å². The molecule has 1 aromatic carbocycles. The van der Waals surface area contributed by atoms with Crippen LogP contribution in [0, 0.1) is 0 Å². The van der Waals surface area contributed by atoms with Crippen molar-refractivity contribution in [2.45, 2.75) is 30.7 Å². The molecule has 0 bridgehead atoms. The summed E-state index contributed by atoms with van der Waals surface area (Å²) in [7, 11) is 0. The van der Waals surface area contributed by atoms with Gasteiger partial charge in [0.05, 0.1) is 25.7 Å². The Hall–Kier alpha value is -2.18. The second kappa shape index (κ2) is 6.77. The number of aromatic nitrogens is 2. The lowest BCUT2D eigenvalue weighted by Crippen LogP contribution is -2.45. The molecule has 3 aliphatic rings. The van der Waals surface area contributed by atoms with E-state index in [1.54, 1.807) is 12.5 Å². The summed E-state index contributed by atoms with van der Waals surface area (Å²) in [5, 5.41) is 0. The van der Waals surface area contributed by atoms with Crippen molar-refractivity contribution in [1.82, 2.24) is 19.8 Å². The summed E-state index contributed by atoms with van der Waals surface area (Å²) in [4.78, 5) is 24.1. The summed E-state index contributed by atoms with van der Waals surface area (Å²) < 4.78 is 5.57. The van der Waals surface area contributed by atoms with Crippen LogP contribution in [0.5, 0.6) is 0 Å². The zero-order valence-corrected chi connectivity index (χ0v) is 15.6. The summed E-state index contributed by atoms with van der Waals surface area (Å²) in [6, 6.07) is 9.46. The highest BCUT2D eigenvalue weighted by Crippen LogP contribution is 2.52. The van der Waals surface area contributed by atoms with Gasteiger partial charge in [0.2, 0.25) is 0 Å². The Bertz CT molecular complexity index is 805. The summed E-state index contributed by atoms with van der Waals surface area (Å²) in [6.45, 7) is 5.30. The van der Waals surface area contributed by atoms with Crippen LogP contribution in [0.4, 0.5) is 0 Å². The maximum Gasteiger partial charge on any atom is 0.271 e. The lowest BCUT2D eigenvalue weighted by atomic mass is 9.73. The van der Waals surface area contributed by atoms with Gasteiger partial charge >= 0.3 is 0 Å². The van der Waals surface area contributed by atoms with Gasteiger partial charge < -0.3 is 14.6 Å². The molecule has 0 saturated carbocycles. The fraction of sp³-hybridized carbons (Fsp3) is 0.524. The number of rotatable bonds is 2. The number of fused-ring (bicyclic) bond motifs is 2. The highest BCUT2D eigenvalue weighted by atomic mass is 16.5. The third-order valence-corrected chi connectivity index (χ3v) is 6.70. The molecule has 0 radical (unpaired) electrons. The number of morpholine rings is 1. The molecule has 27 heavy (non-hydrogen) atoms. The molecule has 2 aromatic rings. The van der Waals surface area contributed by atoms with Crippen LogP contribution >= 0.6 is 0 Å². The molecule has 1 aromatic heterocycles. The highest BCUT2D eigenvalue weighted by Gasteiger charge is 2.47. The molecule has 5 rings (SSSR count). The molecule has 1 N–H and O–H groups in total. The predicted octanol–water partition coefficient (Wildman–Crippen LogP) is 2.36. The predicted molar refractivity (Wildman–Crippen MR) is 102 cm³/mol. The normalized spacial score (nSPS) is 24.9. The van der Waals surface area contributed by atoms with E-state index in [0.717, 1.165) is 52.2 Å². The van der Waals surface area contributed by atoms with E-state index in [1.165, 1.54) is 17.5 Å². The van der Waals surface area contributed by atoms with Crippen LogP contribution in [0.15, 0.2) is 36.8 Å². The first kappa shape index (κ1) is 17.0. The lowest BCUT2D eigenvalue weighted by molar-refractivity contribution is 0.0104. The molecule has 6 nitrogen and oxygen atoms in total. The van der Waals surface area contributed by atoms with Gasteiger partial charge in [0, 0.05) is 37.6 Å². The van der Waals surface area contributed by atoms with Gasteiger partial charge in [0.15, 0.2) is 0 Å². The Balaban J connectivity index is 1.37. The number of nitrogens with one attached hydrogen (secondary N) is 1. The Morgan fingerprint density at radius 1 is 1.15 bits per heavy atom. The first-order valence-corrected chi connectivity index (χ1v) is 9.96. The average Bonchev–Trinajstić information content (AvgIpc) is 3.37. The van der Waals surface area contributed by atoms with Crippen molar-refractivity contribution in [3.63, 3.8) is 0 Å². The number of nitrogens with zero attached hydrogens (tertiary/aromatic N) is 3. The minimum Gasteiger partial charge on any atom is -0.379 e. The van der Waals surface area contributed by atoms with Gasteiger partial charge in [-0.05, 0) is 30.4 Å². The van der Waals surface area contributed by atoms with E-state index >= 15 is 0 Å². The van der Waals surface area contributed by atoms with Crippen LogP contribution in [0.25, 0.3) is 0 Å². The number of likely N-dealkylation sites (tertiary alicyclic amines) is 1. The maximum absolute atomic E-state index is 12.7. The van der Waals surface area contributed by atoms with Crippen molar-refractivity contribution in [3.8, 4) is 0 Å². The van der Waals surface area contributed by atoms with Gasteiger partial charge in [-0.25, -0.2) is 4.98 Å².